The van der Waals surface area contributed by atoms with Gasteiger partial charge in [-0.2, -0.15) is 0 Å². The first-order chi connectivity index (χ1) is 8.83. The summed E-state index contributed by atoms with van der Waals surface area (Å²) in [6.07, 6.45) is 2.85. The van der Waals surface area contributed by atoms with Gasteiger partial charge in [0.2, 0.25) is 5.91 Å². The van der Waals surface area contributed by atoms with E-state index in [2.05, 4.69) is 11.8 Å². The third-order valence-electron chi connectivity index (χ3n) is 3.48. The molecule has 1 unspecified atom stereocenters. The molecule has 1 rings (SSSR count). The van der Waals surface area contributed by atoms with Crippen molar-refractivity contribution in [1.82, 2.24) is 9.80 Å². The van der Waals surface area contributed by atoms with E-state index < -0.39 is 5.60 Å². The predicted octanol–water partition coefficient (Wildman–Crippen LogP) is 0.419. The van der Waals surface area contributed by atoms with E-state index in [0.29, 0.717) is 6.54 Å². The first-order valence-corrected chi connectivity index (χ1v) is 7.32. The van der Waals surface area contributed by atoms with Gasteiger partial charge in [-0.05, 0) is 20.3 Å². The zero-order chi connectivity index (χ0) is 14.5. The Morgan fingerprint density at radius 1 is 1.32 bits per heavy atom. The van der Waals surface area contributed by atoms with Gasteiger partial charge in [0, 0.05) is 32.7 Å². The predicted molar refractivity (Wildman–Crippen MR) is 76.8 cm³/mol. The number of unbranched alkanes of at least 4 members (excludes halogenated alkanes) is 1. The number of nitrogens with zero attached hydrogens (tertiary/aromatic N) is 2. The number of carbonyl (C=O) groups is 1. The second-order valence-corrected chi connectivity index (χ2v) is 6.16. The Kier molecular flexibility index (Phi) is 6.23. The highest BCUT2D eigenvalue weighted by atomic mass is 16.3. The summed E-state index contributed by atoms with van der Waals surface area (Å²) in [6.45, 7) is 9.44. The summed E-state index contributed by atoms with van der Waals surface area (Å²) in [7, 11) is 0. The number of piperazine rings is 1. The Hall–Kier alpha value is -0.650. The average Bonchev–Trinajstić information content (AvgIpc) is 2.34. The third kappa shape index (κ3) is 5.89. The van der Waals surface area contributed by atoms with Crippen molar-refractivity contribution in [2.45, 2.75) is 51.7 Å². The monoisotopic (exact) mass is 271 g/mol. The fourth-order valence-corrected chi connectivity index (χ4v) is 2.46. The van der Waals surface area contributed by atoms with E-state index in [9.17, 15) is 9.90 Å². The van der Waals surface area contributed by atoms with Crippen molar-refractivity contribution >= 4 is 5.91 Å². The third-order valence-corrected chi connectivity index (χ3v) is 3.48. The summed E-state index contributed by atoms with van der Waals surface area (Å²) in [5.41, 5.74) is 5.25. The lowest BCUT2D eigenvalue weighted by atomic mass is 10.1. The van der Waals surface area contributed by atoms with Gasteiger partial charge in [0.25, 0.3) is 0 Å². The minimum absolute atomic E-state index is 0.0800. The van der Waals surface area contributed by atoms with Crippen molar-refractivity contribution in [3.8, 4) is 0 Å². The maximum atomic E-state index is 12.1. The van der Waals surface area contributed by atoms with Crippen molar-refractivity contribution in [1.29, 1.82) is 0 Å². The Balaban J connectivity index is 2.34. The van der Waals surface area contributed by atoms with Crippen LogP contribution in [0.1, 0.15) is 40.0 Å². The molecule has 0 radical (unpaired) electrons. The molecule has 19 heavy (non-hydrogen) atoms. The first-order valence-electron chi connectivity index (χ1n) is 7.32. The number of β-amino-alcohol motifs (C(OH)–C–C–N with tert-alkyl or cyclic N) is 1. The molecule has 0 saturated carbocycles. The van der Waals surface area contributed by atoms with E-state index >= 15 is 0 Å². The minimum atomic E-state index is -0.677. The molecule has 0 bridgehead atoms. The molecule has 0 spiro atoms. The maximum Gasteiger partial charge on any atom is 0.239 e. The zero-order valence-electron chi connectivity index (χ0n) is 12.6. The van der Waals surface area contributed by atoms with Gasteiger partial charge in [-0.1, -0.05) is 19.8 Å². The van der Waals surface area contributed by atoms with Gasteiger partial charge in [0.1, 0.15) is 0 Å². The molecule has 0 aliphatic carbocycles. The highest BCUT2D eigenvalue weighted by Gasteiger charge is 2.27. The second-order valence-electron chi connectivity index (χ2n) is 6.16. The SMILES string of the molecule is CCCCC(N)C(=O)N1CCN(CC(C)(C)O)CC1. The molecule has 0 aromatic rings. The number of aliphatic hydroxyl groups is 1. The van der Waals surface area contributed by atoms with Gasteiger partial charge >= 0.3 is 0 Å². The summed E-state index contributed by atoms with van der Waals surface area (Å²) < 4.78 is 0. The van der Waals surface area contributed by atoms with Crippen LogP contribution in [0.2, 0.25) is 0 Å². The number of carbonyl (C=O) groups excluding carboxylic acids is 1. The van der Waals surface area contributed by atoms with Crippen molar-refractivity contribution < 1.29 is 9.90 Å². The Labute approximate surface area is 116 Å². The van der Waals surface area contributed by atoms with Crippen molar-refractivity contribution in [3.63, 3.8) is 0 Å². The number of amides is 1. The van der Waals surface area contributed by atoms with Crippen LogP contribution in [-0.2, 0) is 4.79 Å². The van der Waals surface area contributed by atoms with E-state index in [0.717, 1.165) is 45.4 Å². The molecule has 3 N–H and O–H groups in total. The van der Waals surface area contributed by atoms with Gasteiger partial charge < -0.3 is 15.7 Å². The molecule has 1 amide bonds. The topological polar surface area (TPSA) is 69.8 Å². The minimum Gasteiger partial charge on any atom is -0.389 e. The van der Waals surface area contributed by atoms with Crippen LogP contribution in [0.3, 0.4) is 0 Å². The van der Waals surface area contributed by atoms with Gasteiger partial charge in [-0.3, -0.25) is 9.69 Å². The summed E-state index contributed by atoms with van der Waals surface area (Å²) in [4.78, 5) is 16.2. The summed E-state index contributed by atoms with van der Waals surface area (Å²) in [5.74, 6) is 0.0800. The van der Waals surface area contributed by atoms with Crippen LogP contribution in [0, 0.1) is 0 Å². The van der Waals surface area contributed by atoms with Crippen LogP contribution in [0.25, 0.3) is 0 Å². The maximum absolute atomic E-state index is 12.1. The van der Waals surface area contributed by atoms with E-state index in [1.54, 1.807) is 0 Å². The van der Waals surface area contributed by atoms with Crippen LogP contribution in [0.5, 0.6) is 0 Å². The molecular weight excluding hydrogens is 242 g/mol. The second kappa shape index (κ2) is 7.22. The zero-order valence-corrected chi connectivity index (χ0v) is 12.6. The van der Waals surface area contributed by atoms with E-state index in [-0.39, 0.29) is 11.9 Å². The molecule has 1 atom stereocenters. The Morgan fingerprint density at radius 3 is 2.37 bits per heavy atom. The average molecular weight is 271 g/mol. The molecule has 0 aromatic carbocycles. The molecule has 1 fully saturated rings. The van der Waals surface area contributed by atoms with Crippen molar-refractivity contribution in [2.24, 2.45) is 5.73 Å². The molecule has 1 aliphatic rings. The molecule has 1 saturated heterocycles. The van der Waals surface area contributed by atoms with Crippen molar-refractivity contribution in [2.75, 3.05) is 32.7 Å². The molecule has 5 nitrogen and oxygen atoms in total. The number of hydrogen-bond acceptors (Lipinski definition) is 4. The lowest BCUT2D eigenvalue weighted by Gasteiger charge is -2.38. The number of hydrogen-bond donors (Lipinski definition) is 2. The number of nitrogens with two attached hydrogens (primary N) is 1. The van der Waals surface area contributed by atoms with E-state index in [4.69, 9.17) is 5.73 Å². The molecule has 0 aromatic heterocycles. The molecule has 1 heterocycles. The quantitative estimate of drug-likeness (QED) is 0.734. The molecular formula is C14H29N3O2. The van der Waals surface area contributed by atoms with Crippen LogP contribution in [-0.4, -0.2) is 65.2 Å². The van der Waals surface area contributed by atoms with Crippen LogP contribution >= 0.6 is 0 Å². The van der Waals surface area contributed by atoms with Gasteiger partial charge in [-0.25, -0.2) is 0 Å². The van der Waals surface area contributed by atoms with E-state index in [1.807, 2.05) is 18.7 Å². The largest absolute Gasteiger partial charge is 0.389 e. The van der Waals surface area contributed by atoms with E-state index in [1.165, 1.54) is 0 Å². The fourth-order valence-electron chi connectivity index (χ4n) is 2.46. The lowest BCUT2D eigenvalue weighted by Crippen LogP contribution is -2.55. The van der Waals surface area contributed by atoms with Crippen LogP contribution < -0.4 is 5.73 Å². The Bertz CT molecular complexity index is 281. The highest BCUT2D eigenvalue weighted by Crippen LogP contribution is 2.10. The Morgan fingerprint density at radius 2 is 1.89 bits per heavy atom. The highest BCUT2D eigenvalue weighted by molar-refractivity contribution is 5.81. The standard InChI is InChI=1S/C14H29N3O2/c1-4-5-6-12(15)13(18)17-9-7-16(8-10-17)11-14(2,3)19/h12,19H,4-11,15H2,1-3H3. The summed E-state index contributed by atoms with van der Waals surface area (Å²) in [6, 6.07) is -0.346. The summed E-state index contributed by atoms with van der Waals surface area (Å²) in [5, 5.41) is 9.79. The van der Waals surface area contributed by atoms with Gasteiger partial charge in [0.15, 0.2) is 0 Å². The normalized spacial score (nSPS) is 19.5. The van der Waals surface area contributed by atoms with Gasteiger partial charge in [-0.15, -0.1) is 0 Å². The summed E-state index contributed by atoms with van der Waals surface area (Å²) >= 11 is 0. The van der Waals surface area contributed by atoms with Crippen LogP contribution in [0.15, 0.2) is 0 Å². The lowest BCUT2D eigenvalue weighted by molar-refractivity contribution is -0.134. The first kappa shape index (κ1) is 16.4. The van der Waals surface area contributed by atoms with Crippen molar-refractivity contribution in [3.05, 3.63) is 0 Å². The van der Waals surface area contributed by atoms with Gasteiger partial charge in [0.05, 0.1) is 11.6 Å². The van der Waals surface area contributed by atoms with Crippen LogP contribution in [0.4, 0.5) is 0 Å². The molecule has 112 valence electrons. The number of rotatable bonds is 6. The smallest absolute Gasteiger partial charge is 0.239 e. The fraction of sp³-hybridized carbons (Fsp3) is 0.929. The molecule has 1 aliphatic heterocycles. The molecule has 5 heteroatoms.